The number of carboxylic acid groups (broad SMARTS) is 1. The van der Waals surface area contributed by atoms with Gasteiger partial charge < -0.3 is 10.0 Å². The summed E-state index contributed by atoms with van der Waals surface area (Å²) in [5, 5.41) is 9.07. The monoisotopic (exact) mass is 331 g/mol. The van der Waals surface area contributed by atoms with Crippen LogP contribution >= 0.6 is 0 Å². The molecule has 0 unspecified atom stereocenters. The molecule has 0 atom stereocenters. The molecule has 0 aliphatic rings. The first-order valence-electron chi connectivity index (χ1n) is 7.12. The fourth-order valence-corrected chi connectivity index (χ4v) is 1.97. The predicted octanol–water partition coefficient (Wildman–Crippen LogP) is 3.35. The van der Waals surface area contributed by atoms with Crippen LogP contribution < -0.4 is 0 Å². The number of carbonyl (C=O) groups is 2. The van der Waals surface area contributed by atoms with Crippen molar-refractivity contribution in [2.75, 3.05) is 7.05 Å². The van der Waals surface area contributed by atoms with E-state index in [0.29, 0.717) is 18.4 Å². The number of aryl methyl sites for hydroxylation is 1. The van der Waals surface area contributed by atoms with E-state index >= 15 is 0 Å². The molecule has 4 nitrogen and oxygen atoms in total. The predicted molar refractivity (Wildman–Crippen MR) is 78.9 cm³/mol. The Hall–Kier alpha value is -2.05. The van der Waals surface area contributed by atoms with Crippen molar-refractivity contribution in [3.05, 3.63) is 35.4 Å². The first-order chi connectivity index (χ1) is 10.5. The smallest absolute Gasteiger partial charge is 0.416 e. The molecule has 1 rings (SSSR count). The average molecular weight is 331 g/mol. The van der Waals surface area contributed by atoms with Crippen molar-refractivity contribution in [2.45, 2.75) is 44.8 Å². The molecule has 0 heterocycles. The van der Waals surface area contributed by atoms with Gasteiger partial charge >= 0.3 is 12.1 Å². The maximum absolute atomic E-state index is 12.6. The van der Waals surface area contributed by atoms with Gasteiger partial charge in [0.25, 0.3) is 0 Å². The van der Waals surface area contributed by atoms with E-state index in [1.165, 1.54) is 27.0 Å². The Morgan fingerprint density at radius 2 is 1.83 bits per heavy atom. The quantitative estimate of drug-likeness (QED) is 0.870. The van der Waals surface area contributed by atoms with Crippen molar-refractivity contribution in [2.24, 2.45) is 0 Å². The molecule has 0 bridgehead atoms. The Morgan fingerprint density at radius 1 is 1.22 bits per heavy atom. The number of halogens is 3. The van der Waals surface area contributed by atoms with E-state index in [0.717, 1.165) is 17.0 Å². The van der Waals surface area contributed by atoms with Gasteiger partial charge in [-0.25, -0.2) is 4.79 Å². The van der Waals surface area contributed by atoms with Crippen molar-refractivity contribution < 1.29 is 27.9 Å². The first kappa shape index (κ1) is 19.0. The second kappa shape index (κ2) is 7.02. The highest BCUT2D eigenvalue weighted by atomic mass is 19.4. The molecule has 0 fully saturated rings. The Bertz CT molecular complexity index is 582. The SMILES string of the molecule is CN(C(=O)CCCc1cccc(C(F)(F)F)c1)C(C)(C)C(=O)O. The van der Waals surface area contributed by atoms with Crippen LogP contribution in [-0.2, 0) is 22.2 Å². The lowest BCUT2D eigenvalue weighted by molar-refractivity contribution is -0.155. The van der Waals surface area contributed by atoms with Gasteiger partial charge in [-0.15, -0.1) is 0 Å². The zero-order chi connectivity index (χ0) is 17.8. The summed E-state index contributed by atoms with van der Waals surface area (Å²) < 4.78 is 37.8. The number of aliphatic carboxylic acids is 1. The van der Waals surface area contributed by atoms with E-state index in [2.05, 4.69) is 0 Å². The minimum Gasteiger partial charge on any atom is -0.480 e. The van der Waals surface area contributed by atoms with Crippen LogP contribution in [0.2, 0.25) is 0 Å². The van der Waals surface area contributed by atoms with Crippen molar-refractivity contribution in [3.63, 3.8) is 0 Å². The highest BCUT2D eigenvalue weighted by Gasteiger charge is 2.34. The van der Waals surface area contributed by atoms with Crippen LogP contribution in [0.4, 0.5) is 13.2 Å². The number of rotatable bonds is 6. The summed E-state index contributed by atoms with van der Waals surface area (Å²) in [5.74, 6) is -1.48. The van der Waals surface area contributed by atoms with E-state index < -0.39 is 23.2 Å². The van der Waals surface area contributed by atoms with E-state index in [1.807, 2.05) is 0 Å². The lowest BCUT2D eigenvalue weighted by Gasteiger charge is -2.31. The summed E-state index contributed by atoms with van der Waals surface area (Å²) in [5.41, 5.74) is -1.55. The number of benzene rings is 1. The standard InChI is InChI=1S/C16H20F3NO3/c1-15(2,14(22)23)20(3)13(21)9-5-7-11-6-4-8-12(10-11)16(17,18)19/h4,6,8,10H,5,7,9H2,1-3H3,(H,22,23). The number of nitrogens with zero attached hydrogens (tertiary/aromatic N) is 1. The molecule has 128 valence electrons. The molecule has 1 aromatic carbocycles. The van der Waals surface area contributed by atoms with Gasteiger partial charge in [0.15, 0.2) is 0 Å². The topological polar surface area (TPSA) is 57.6 Å². The van der Waals surface area contributed by atoms with Crippen LogP contribution in [-0.4, -0.2) is 34.5 Å². The number of hydrogen-bond donors (Lipinski definition) is 1. The highest BCUT2D eigenvalue weighted by molar-refractivity contribution is 5.86. The lowest BCUT2D eigenvalue weighted by Crippen LogP contribution is -2.50. The Kier molecular flexibility index (Phi) is 5.80. The molecule has 0 saturated heterocycles. The molecule has 23 heavy (non-hydrogen) atoms. The number of likely N-dealkylation sites (N-methyl/N-ethyl adjacent to an activating group) is 1. The minimum absolute atomic E-state index is 0.0729. The second-order valence-corrected chi connectivity index (χ2v) is 5.87. The first-order valence-corrected chi connectivity index (χ1v) is 7.12. The lowest BCUT2D eigenvalue weighted by atomic mass is 10.0. The Balaban J connectivity index is 2.61. The van der Waals surface area contributed by atoms with Crippen LogP contribution in [0, 0.1) is 0 Å². The summed E-state index contributed by atoms with van der Waals surface area (Å²) in [6.45, 7) is 2.83. The molecule has 0 aliphatic carbocycles. The van der Waals surface area contributed by atoms with Crippen molar-refractivity contribution in [1.29, 1.82) is 0 Å². The molecular weight excluding hydrogens is 311 g/mol. The normalized spacial score (nSPS) is 12.1. The molecule has 0 radical (unpaired) electrons. The molecule has 1 amide bonds. The van der Waals surface area contributed by atoms with Gasteiger partial charge in [-0.1, -0.05) is 18.2 Å². The zero-order valence-corrected chi connectivity index (χ0v) is 13.3. The summed E-state index contributed by atoms with van der Waals surface area (Å²) in [6, 6.07) is 4.97. The van der Waals surface area contributed by atoms with Crippen molar-refractivity contribution in [1.82, 2.24) is 4.90 Å². The summed E-state index contributed by atoms with van der Waals surface area (Å²) in [6.07, 6.45) is -3.65. The average Bonchev–Trinajstić information content (AvgIpc) is 2.45. The van der Waals surface area contributed by atoms with E-state index in [1.54, 1.807) is 6.07 Å². The van der Waals surface area contributed by atoms with Gasteiger partial charge in [0.05, 0.1) is 5.56 Å². The third-order valence-electron chi connectivity index (χ3n) is 3.85. The molecule has 0 aromatic heterocycles. The summed E-state index contributed by atoms with van der Waals surface area (Å²) in [7, 11) is 1.40. The maximum Gasteiger partial charge on any atom is 0.416 e. The minimum atomic E-state index is -4.39. The molecule has 0 spiro atoms. The summed E-state index contributed by atoms with van der Waals surface area (Å²) in [4.78, 5) is 24.2. The molecule has 1 aromatic rings. The van der Waals surface area contributed by atoms with E-state index in [9.17, 15) is 22.8 Å². The number of amides is 1. The Labute approximate surface area is 132 Å². The van der Waals surface area contributed by atoms with Crippen molar-refractivity contribution >= 4 is 11.9 Å². The highest BCUT2D eigenvalue weighted by Crippen LogP contribution is 2.29. The molecule has 0 saturated carbocycles. The number of hydrogen-bond acceptors (Lipinski definition) is 2. The van der Waals surface area contributed by atoms with Crippen LogP contribution in [0.3, 0.4) is 0 Å². The van der Waals surface area contributed by atoms with Crippen LogP contribution in [0.5, 0.6) is 0 Å². The van der Waals surface area contributed by atoms with Crippen molar-refractivity contribution in [3.8, 4) is 0 Å². The molecule has 7 heteroatoms. The Morgan fingerprint density at radius 3 is 2.35 bits per heavy atom. The summed E-state index contributed by atoms with van der Waals surface area (Å²) >= 11 is 0. The van der Waals surface area contributed by atoms with Crippen LogP contribution in [0.25, 0.3) is 0 Å². The van der Waals surface area contributed by atoms with Gasteiger partial charge in [0, 0.05) is 13.5 Å². The largest absolute Gasteiger partial charge is 0.480 e. The number of alkyl halides is 3. The fraction of sp³-hybridized carbons (Fsp3) is 0.500. The molecule has 1 N–H and O–H groups in total. The number of carbonyl (C=O) groups excluding carboxylic acids is 1. The van der Waals surface area contributed by atoms with Gasteiger partial charge in [0.1, 0.15) is 5.54 Å². The molecule has 0 aliphatic heterocycles. The van der Waals surface area contributed by atoms with Crippen LogP contribution in [0.1, 0.15) is 37.8 Å². The van der Waals surface area contributed by atoms with Gasteiger partial charge in [0.2, 0.25) is 5.91 Å². The number of carboxylic acids is 1. The van der Waals surface area contributed by atoms with Gasteiger partial charge in [-0.2, -0.15) is 13.2 Å². The van der Waals surface area contributed by atoms with Gasteiger partial charge in [-0.05, 0) is 38.3 Å². The third-order valence-corrected chi connectivity index (χ3v) is 3.85. The maximum atomic E-state index is 12.6. The van der Waals surface area contributed by atoms with Gasteiger partial charge in [-0.3, -0.25) is 4.79 Å². The van der Waals surface area contributed by atoms with Crippen LogP contribution in [0.15, 0.2) is 24.3 Å². The molecular formula is C16H20F3NO3. The second-order valence-electron chi connectivity index (χ2n) is 5.87. The third kappa shape index (κ3) is 4.97. The van der Waals surface area contributed by atoms with E-state index in [-0.39, 0.29) is 12.3 Å². The fourth-order valence-electron chi connectivity index (χ4n) is 1.97. The van der Waals surface area contributed by atoms with E-state index in [4.69, 9.17) is 5.11 Å². The zero-order valence-electron chi connectivity index (χ0n) is 13.3.